The SMILES string of the molecule is Cc1ccc(C[C@@H](CN)CO)s1. The Labute approximate surface area is 77.0 Å². The summed E-state index contributed by atoms with van der Waals surface area (Å²) >= 11 is 1.78. The average Bonchev–Trinajstić information content (AvgIpc) is 2.47. The molecule has 0 spiro atoms. The van der Waals surface area contributed by atoms with Gasteiger partial charge < -0.3 is 10.8 Å². The molecule has 1 heterocycles. The number of aliphatic hydroxyl groups is 1. The zero-order valence-corrected chi connectivity index (χ0v) is 8.10. The van der Waals surface area contributed by atoms with Crippen LogP contribution in [0.25, 0.3) is 0 Å². The highest BCUT2D eigenvalue weighted by Gasteiger charge is 2.07. The molecule has 3 N–H and O–H groups in total. The second kappa shape index (κ2) is 4.60. The third-order valence-corrected chi connectivity index (χ3v) is 2.90. The smallest absolute Gasteiger partial charge is 0.0474 e. The van der Waals surface area contributed by atoms with Crippen LogP contribution >= 0.6 is 11.3 Å². The van der Waals surface area contributed by atoms with Gasteiger partial charge in [-0.1, -0.05) is 0 Å². The summed E-state index contributed by atoms with van der Waals surface area (Å²) < 4.78 is 0. The molecule has 0 aromatic carbocycles. The van der Waals surface area contributed by atoms with Crippen molar-refractivity contribution < 1.29 is 5.11 Å². The van der Waals surface area contributed by atoms with E-state index in [0.717, 1.165) is 6.42 Å². The van der Waals surface area contributed by atoms with Gasteiger partial charge in [0, 0.05) is 16.4 Å². The second-order valence-electron chi connectivity index (χ2n) is 3.00. The summed E-state index contributed by atoms with van der Waals surface area (Å²) in [5.41, 5.74) is 5.48. The van der Waals surface area contributed by atoms with E-state index in [2.05, 4.69) is 19.1 Å². The molecule has 12 heavy (non-hydrogen) atoms. The number of thiophene rings is 1. The monoisotopic (exact) mass is 185 g/mol. The fourth-order valence-electron chi connectivity index (χ4n) is 1.10. The van der Waals surface area contributed by atoms with Crippen LogP contribution in [0.15, 0.2) is 12.1 Å². The van der Waals surface area contributed by atoms with Crippen molar-refractivity contribution in [2.45, 2.75) is 13.3 Å². The van der Waals surface area contributed by atoms with Gasteiger partial charge in [0.1, 0.15) is 0 Å². The summed E-state index contributed by atoms with van der Waals surface area (Å²) in [4.78, 5) is 2.63. The average molecular weight is 185 g/mol. The fourth-order valence-corrected chi connectivity index (χ4v) is 2.11. The van der Waals surface area contributed by atoms with Crippen LogP contribution in [0.2, 0.25) is 0 Å². The first kappa shape index (κ1) is 9.71. The first-order chi connectivity index (χ1) is 5.76. The van der Waals surface area contributed by atoms with Crippen molar-refractivity contribution in [2.24, 2.45) is 11.7 Å². The fraction of sp³-hybridized carbons (Fsp3) is 0.556. The lowest BCUT2D eigenvalue weighted by molar-refractivity contribution is 0.230. The summed E-state index contributed by atoms with van der Waals surface area (Å²) in [5, 5.41) is 8.92. The molecule has 1 rings (SSSR count). The molecule has 0 unspecified atom stereocenters. The van der Waals surface area contributed by atoms with Crippen molar-refractivity contribution in [3.8, 4) is 0 Å². The van der Waals surface area contributed by atoms with E-state index in [1.165, 1.54) is 9.75 Å². The van der Waals surface area contributed by atoms with Crippen LogP contribution in [0, 0.1) is 12.8 Å². The van der Waals surface area contributed by atoms with E-state index in [9.17, 15) is 0 Å². The molecule has 1 atom stereocenters. The topological polar surface area (TPSA) is 46.2 Å². The molecule has 0 amide bonds. The molecular weight excluding hydrogens is 170 g/mol. The minimum Gasteiger partial charge on any atom is -0.396 e. The Morgan fingerprint density at radius 3 is 2.75 bits per heavy atom. The lowest BCUT2D eigenvalue weighted by atomic mass is 10.1. The Balaban J connectivity index is 2.50. The van der Waals surface area contributed by atoms with E-state index in [0.29, 0.717) is 6.54 Å². The van der Waals surface area contributed by atoms with Gasteiger partial charge in [0.15, 0.2) is 0 Å². The molecule has 0 bridgehead atoms. The van der Waals surface area contributed by atoms with Crippen molar-refractivity contribution in [1.29, 1.82) is 0 Å². The number of hydrogen-bond donors (Lipinski definition) is 2. The van der Waals surface area contributed by atoms with Crippen molar-refractivity contribution in [3.05, 3.63) is 21.9 Å². The Morgan fingerprint density at radius 1 is 1.58 bits per heavy atom. The molecule has 0 aliphatic rings. The van der Waals surface area contributed by atoms with Gasteiger partial charge in [0.25, 0.3) is 0 Å². The van der Waals surface area contributed by atoms with Gasteiger partial charge in [-0.2, -0.15) is 0 Å². The highest BCUT2D eigenvalue weighted by atomic mass is 32.1. The van der Waals surface area contributed by atoms with Gasteiger partial charge in [-0.3, -0.25) is 0 Å². The van der Waals surface area contributed by atoms with Crippen LogP contribution < -0.4 is 5.73 Å². The van der Waals surface area contributed by atoms with Gasteiger partial charge in [-0.05, 0) is 37.9 Å². The van der Waals surface area contributed by atoms with Crippen LogP contribution in [0.1, 0.15) is 9.75 Å². The molecular formula is C9H15NOS. The van der Waals surface area contributed by atoms with Crippen molar-refractivity contribution in [1.82, 2.24) is 0 Å². The van der Waals surface area contributed by atoms with Gasteiger partial charge in [-0.15, -0.1) is 11.3 Å². The highest BCUT2D eigenvalue weighted by molar-refractivity contribution is 7.11. The minimum atomic E-state index is 0.188. The van der Waals surface area contributed by atoms with E-state index in [-0.39, 0.29) is 12.5 Å². The van der Waals surface area contributed by atoms with Crippen LogP contribution in [-0.2, 0) is 6.42 Å². The van der Waals surface area contributed by atoms with E-state index in [4.69, 9.17) is 10.8 Å². The quantitative estimate of drug-likeness (QED) is 0.739. The Kier molecular flexibility index (Phi) is 3.72. The number of hydrogen-bond acceptors (Lipinski definition) is 3. The summed E-state index contributed by atoms with van der Waals surface area (Å²) in [6.07, 6.45) is 0.908. The van der Waals surface area contributed by atoms with Crippen molar-refractivity contribution >= 4 is 11.3 Å². The first-order valence-electron chi connectivity index (χ1n) is 4.12. The molecule has 2 nitrogen and oxygen atoms in total. The standard InChI is InChI=1S/C9H15NOS/c1-7-2-3-9(12-7)4-8(5-10)6-11/h2-3,8,11H,4-6,10H2,1H3/t8-/m0/s1. The van der Waals surface area contributed by atoms with Gasteiger partial charge >= 0.3 is 0 Å². The van der Waals surface area contributed by atoms with Gasteiger partial charge in [0.05, 0.1) is 0 Å². The summed E-state index contributed by atoms with van der Waals surface area (Å²) in [7, 11) is 0. The lowest BCUT2D eigenvalue weighted by Crippen LogP contribution is -2.19. The largest absolute Gasteiger partial charge is 0.396 e. The van der Waals surface area contributed by atoms with Gasteiger partial charge in [-0.25, -0.2) is 0 Å². The van der Waals surface area contributed by atoms with Crippen LogP contribution in [0.5, 0.6) is 0 Å². The molecule has 68 valence electrons. The molecule has 0 aliphatic carbocycles. The maximum absolute atomic E-state index is 8.92. The Morgan fingerprint density at radius 2 is 2.33 bits per heavy atom. The van der Waals surface area contributed by atoms with Crippen molar-refractivity contribution in [3.63, 3.8) is 0 Å². The molecule has 3 heteroatoms. The molecule has 0 aliphatic heterocycles. The number of aryl methyl sites for hydroxylation is 1. The van der Waals surface area contributed by atoms with E-state index < -0.39 is 0 Å². The maximum atomic E-state index is 8.92. The molecule has 0 fully saturated rings. The second-order valence-corrected chi connectivity index (χ2v) is 4.37. The predicted octanol–water partition coefficient (Wildman–Crippen LogP) is 1.17. The molecule has 1 aromatic heterocycles. The summed E-state index contributed by atoms with van der Waals surface area (Å²) in [5.74, 6) is 0.225. The van der Waals surface area contributed by atoms with Crippen molar-refractivity contribution in [2.75, 3.05) is 13.2 Å². The van der Waals surface area contributed by atoms with Gasteiger partial charge in [0.2, 0.25) is 0 Å². The number of rotatable bonds is 4. The van der Waals surface area contributed by atoms with Crippen LogP contribution in [0.4, 0.5) is 0 Å². The minimum absolute atomic E-state index is 0.188. The lowest BCUT2D eigenvalue weighted by Gasteiger charge is -2.08. The third kappa shape index (κ3) is 2.59. The normalized spacial score (nSPS) is 13.2. The van der Waals surface area contributed by atoms with E-state index >= 15 is 0 Å². The zero-order chi connectivity index (χ0) is 8.97. The molecule has 0 radical (unpaired) electrons. The zero-order valence-electron chi connectivity index (χ0n) is 7.29. The Hall–Kier alpha value is -0.380. The van der Waals surface area contributed by atoms with E-state index in [1.807, 2.05) is 0 Å². The molecule has 0 saturated carbocycles. The number of aliphatic hydroxyl groups excluding tert-OH is 1. The number of nitrogens with two attached hydrogens (primary N) is 1. The van der Waals surface area contributed by atoms with Crippen LogP contribution in [-0.4, -0.2) is 18.3 Å². The Bertz CT molecular complexity index is 230. The molecule has 0 saturated heterocycles. The predicted molar refractivity (Wildman–Crippen MR) is 52.4 cm³/mol. The van der Waals surface area contributed by atoms with E-state index in [1.54, 1.807) is 11.3 Å². The maximum Gasteiger partial charge on any atom is 0.0474 e. The summed E-state index contributed by atoms with van der Waals surface area (Å²) in [6.45, 7) is 2.84. The highest BCUT2D eigenvalue weighted by Crippen LogP contribution is 2.18. The summed E-state index contributed by atoms with van der Waals surface area (Å²) in [6, 6.07) is 4.21. The third-order valence-electron chi connectivity index (χ3n) is 1.88. The first-order valence-corrected chi connectivity index (χ1v) is 4.94. The van der Waals surface area contributed by atoms with Crippen LogP contribution in [0.3, 0.4) is 0 Å². The molecule has 1 aromatic rings.